The second kappa shape index (κ2) is 4.92. The van der Waals surface area contributed by atoms with Gasteiger partial charge in [0.2, 0.25) is 0 Å². The van der Waals surface area contributed by atoms with Crippen molar-refractivity contribution in [3.63, 3.8) is 0 Å². The fourth-order valence-corrected chi connectivity index (χ4v) is 2.66. The molecule has 2 aromatic carbocycles. The Morgan fingerprint density at radius 1 is 0.542 bits per heavy atom. The number of H-pyrrole nitrogens is 2. The molecule has 24 heavy (non-hydrogen) atoms. The second-order valence-corrected chi connectivity index (χ2v) is 5.21. The molecule has 0 saturated heterocycles. The van der Waals surface area contributed by atoms with Crippen LogP contribution in [-0.4, -0.2) is 19.8 Å². The van der Waals surface area contributed by atoms with Gasteiger partial charge in [-0.05, 0) is 24.3 Å². The molecule has 0 aliphatic rings. The zero-order valence-electron chi connectivity index (χ0n) is 12.1. The zero-order chi connectivity index (χ0) is 16.8. The van der Waals surface area contributed by atoms with E-state index in [1.165, 1.54) is 24.3 Å². The summed E-state index contributed by atoms with van der Waals surface area (Å²) in [5.74, 6) is 0. The largest absolute Gasteiger partial charge is 0.294 e. The van der Waals surface area contributed by atoms with Crippen molar-refractivity contribution < 1.29 is 0 Å². The molecule has 0 unspecified atom stereocenters. The normalized spacial score (nSPS) is 11.2. The van der Waals surface area contributed by atoms with Gasteiger partial charge in [-0.25, -0.2) is 10.2 Å². The van der Waals surface area contributed by atoms with E-state index in [9.17, 15) is 19.2 Å². The van der Waals surface area contributed by atoms with Gasteiger partial charge in [-0.1, -0.05) is 24.3 Å². The minimum absolute atomic E-state index is 0.141. The zero-order valence-corrected chi connectivity index (χ0v) is 12.1. The van der Waals surface area contributed by atoms with Gasteiger partial charge in [-0.15, -0.1) is 9.58 Å². The predicted octanol–water partition coefficient (Wildman–Crippen LogP) is 0.00440. The number of benzene rings is 2. The molecular weight excluding hydrogens is 312 g/mol. The molecule has 0 radical (unpaired) electrons. The second-order valence-electron chi connectivity index (χ2n) is 5.21. The van der Waals surface area contributed by atoms with Gasteiger partial charge in [-0.3, -0.25) is 19.2 Å². The summed E-state index contributed by atoms with van der Waals surface area (Å²) >= 11 is 0. The first-order valence-electron chi connectivity index (χ1n) is 7.07. The number of fused-ring (bicyclic) bond motifs is 2. The lowest BCUT2D eigenvalue weighted by atomic mass is 10.2. The van der Waals surface area contributed by atoms with Crippen molar-refractivity contribution in [3.8, 4) is 0 Å². The molecule has 0 bridgehead atoms. The molecule has 8 heteroatoms. The lowest BCUT2D eigenvalue weighted by Gasteiger charge is -2.09. The van der Waals surface area contributed by atoms with Crippen LogP contribution in [0, 0.1) is 0 Å². The van der Waals surface area contributed by atoms with E-state index < -0.39 is 22.2 Å². The Hall–Kier alpha value is -3.68. The van der Waals surface area contributed by atoms with Crippen LogP contribution in [0.1, 0.15) is 0 Å². The number of nitrogens with one attached hydrogen (secondary N) is 2. The van der Waals surface area contributed by atoms with E-state index in [1.54, 1.807) is 24.3 Å². The van der Waals surface area contributed by atoms with Gasteiger partial charge in [0.15, 0.2) is 0 Å². The van der Waals surface area contributed by atoms with Crippen molar-refractivity contribution in [2.45, 2.75) is 0 Å². The maximum absolute atomic E-state index is 12.6. The first kappa shape index (κ1) is 13.9. The maximum Gasteiger partial charge on any atom is 0.294 e. The minimum Gasteiger partial charge on any atom is -0.267 e. The lowest BCUT2D eigenvalue weighted by molar-refractivity contribution is 0.452. The number of hydrogen-bond acceptors (Lipinski definition) is 4. The van der Waals surface area contributed by atoms with Gasteiger partial charge >= 0.3 is 0 Å². The third kappa shape index (κ3) is 1.86. The van der Waals surface area contributed by atoms with Crippen LogP contribution in [0.3, 0.4) is 0 Å². The van der Waals surface area contributed by atoms with Crippen molar-refractivity contribution in [1.29, 1.82) is 0 Å². The predicted molar refractivity (Wildman–Crippen MR) is 88.5 cm³/mol. The van der Waals surface area contributed by atoms with Gasteiger partial charge in [0, 0.05) is 0 Å². The molecule has 2 aromatic heterocycles. The average molecular weight is 322 g/mol. The molecule has 0 amide bonds. The van der Waals surface area contributed by atoms with Gasteiger partial charge in [0.1, 0.15) is 0 Å². The molecule has 0 aliphatic heterocycles. The highest BCUT2D eigenvalue weighted by Crippen LogP contribution is 2.04. The third-order valence-corrected chi connectivity index (χ3v) is 3.80. The fourth-order valence-electron chi connectivity index (χ4n) is 2.66. The van der Waals surface area contributed by atoms with Crippen LogP contribution < -0.4 is 22.2 Å². The standard InChI is InChI=1S/C16H10N4O4/c21-13-9-5-1-3-7-11(9)15(23)19(17-13)20-16(24)12-8-4-2-6-10(12)14(22)18-20/h1-8H,(H,17,21)(H,18,22). The summed E-state index contributed by atoms with van der Waals surface area (Å²) in [6.07, 6.45) is 0. The molecule has 2 heterocycles. The van der Waals surface area contributed by atoms with Crippen molar-refractivity contribution in [2.24, 2.45) is 0 Å². The Balaban J connectivity index is 2.19. The van der Waals surface area contributed by atoms with E-state index in [-0.39, 0.29) is 21.5 Å². The summed E-state index contributed by atoms with van der Waals surface area (Å²) in [4.78, 5) is 50.9. The molecule has 0 saturated carbocycles. The number of aromatic nitrogens is 4. The van der Waals surface area contributed by atoms with E-state index >= 15 is 0 Å². The highest BCUT2D eigenvalue weighted by atomic mass is 16.2. The van der Waals surface area contributed by atoms with Crippen LogP contribution in [-0.2, 0) is 0 Å². The summed E-state index contributed by atoms with van der Waals surface area (Å²) < 4.78 is 0. The Morgan fingerprint density at radius 3 is 1.25 bits per heavy atom. The molecule has 8 nitrogen and oxygen atoms in total. The smallest absolute Gasteiger partial charge is 0.267 e. The molecule has 4 aromatic rings. The van der Waals surface area contributed by atoms with Gasteiger partial charge < -0.3 is 0 Å². The van der Waals surface area contributed by atoms with E-state index in [4.69, 9.17) is 0 Å². The summed E-state index contributed by atoms with van der Waals surface area (Å²) in [6, 6.07) is 12.5. The quantitative estimate of drug-likeness (QED) is 0.514. The van der Waals surface area contributed by atoms with E-state index in [2.05, 4.69) is 10.2 Å². The first-order valence-corrected chi connectivity index (χ1v) is 7.07. The van der Waals surface area contributed by atoms with Crippen molar-refractivity contribution in [3.05, 3.63) is 89.9 Å². The Morgan fingerprint density at radius 2 is 0.875 bits per heavy atom. The number of rotatable bonds is 1. The Labute approximate surface area is 132 Å². The number of nitrogens with zero attached hydrogens (tertiary/aromatic N) is 2. The molecule has 0 fully saturated rings. The summed E-state index contributed by atoms with van der Waals surface area (Å²) in [5, 5.41) is 5.31. The Kier molecular flexibility index (Phi) is 2.86. The molecule has 0 spiro atoms. The molecule has 118 valence electrons. The topological polar surface area (TPSA) is 110 Å². The number of aromatic amines is 2. The molecular formula is C16H10N4O4. The van der Waals surface area contributed by atoms with Crippen molar-refractivity contribution >= 4 is 21.5 Å². The molecule has 2 N–H and O–H groups in total. The van der Waals surface area contributed by atoms with Gasteiger partial charge in [0.25, 0.3) is 22.2 Å². The highest BCUT2D eigenvalue weighted by Gasteiger charge is 2.12. The average Bonchev–Trinajstić information content (AvgIpc) is 2.61. The van der Waals surface area contributed by atoms with E-state index in [1.807, 2.05) is 0 Å². The van der Waals surface area contributed by atoms with Crippen molar-refractivity contribution in [2.75, 3.05) is 0 Å². The van der Waals surface area contributed by atoms with E-state index in [0.717, 1.165) is 0 Å². The van der Waals surface area contributed by atoms with Gasteiger partial charge in [-0.2, -0.15) is 0 Å². The van der Waals surface area contributed by atoms with Crippen LogP contribution in [0.25, 0.3) is 21.5 Å². The van der Waals surface area contributed by atoms with Crippen molar-refractivity contribution in [1.82, 2.24) is 19.8 Å². The molecule has 4 rings (SSSR count). The van der Waals surface area contributed by atoms with Crippen LogP contribution in [0.5, 0.6) is 0 Å². The summed E-state index contributed by atoms with van der Waals surface area (Å²) in [7, 11) is 0. The van der Waals surface area contributed by atoms with Crippen LogP contribution in [0.15, 0.2) is 67.7 Å². The Bertz CT molecular complexity index is 1240. The summed E-state index contributed by atoms with van der Waals surface area (Å²) in [5.41, 5.74) is -2.35. The SMILES string of the molecule is O=c1[nH]n(-n2[nH]c(=O)c3ccccc3c2=O)c(=O)c2ccccc12. The number of hydrogen-bond donors (Lipinski definition) is 2. The van der Waals surface area contributed by atoms with Gasteiger partial charge in [0.05, 0.1) is 21.5 Å². The van der Waals surface area contributed by atoms with Crippen LogP contribution in [0.2, 0.25) is 0 Å². The monoisotopic (exact) mass is 322 g/mol. The summed E-state index contributed by atoms with van der Waals surface area (Å²) in [6.45, 7) is 0. The van der Waals surface area contributed by atoms with Crippen LogP contribution >= 0.6 is 0 Å². The highest BCUT2D eigenvalue weighted by molar-refractivity contribution is 5.81. The lowest BCUT2D eigenvalue weighted by Crippen LogP contribution is -2.43. The van der Waals surface area contributed by atoms with E-state index in [0.29, 0.717) is 9.58 Å². The third-order valence-electron chi connectivity index (χ3n) is 3.80. The molecule has 0 atom stereocenters. The minimum atomic E-state index is -0.627. The molecule has 0 aliphatic carbocycles. The van der Waals surface area contributed by atoms with Crippen LogP contribution in [0.4, 0.5) is 0 Å². The first-order chi connectivity index (χ1) is 11.6. The maximum atomic E-state index is 12.6. The fraction of sp³-hybridized carbons (Fsp3) is 0.